The number of rotatable bonds is 6. The monoisotopic (exact) mass is 441 g/mol. The number of halogens is 1. The molecule has 4 aromatic rings. The first kappa shape index (κ1) is 20.3. The largest absolute Gasteiger partial charge is 0.494 e. The molecule has 30 heavy (non-hydrogen) atoms. The highest BCUT2D eigenvalue weighted by atomic mass is 35.5. The number of nitrogens with zero attached hydrogens (tertiary/aromatic N) is 5. The summed E-state index contributed by atoms with van der Waals surface area (Å²) in [5, 5.41) is 5.54. The van der Waals surface area contributed by atoms with Crippen molar-refractivity contribution in [3.05, 3.63) is 64.7 Å². The fraction of sp³-hybridized carbons (Fsp3) is 0.238. The van der Waals surface area contributed by atoms with Gasteiger partial charge in [-0.15, -0.1) is 0 Å². The summed E-state index contributed by atoms with van der Waals surface area (Å²) in [6.07, 6.45) is 3.44. The molecule has 3 aromatic heterocycles. The molecule has 1 aromatic carbocycles. The maximum absolute atomic E-state index is 13.3. The second kappa shape index (κ2) is 8.41. The van der Waals surface area contributed by atoms with Gasteiger partial charge in [0.15, 0.2) is 5.13 Å². The molecule has 0 N–H and O–H groups in total. The van der Waals surface area contributed by atoms with E-state index in [9.17, 15) is 4.79 Å². The minimum absolute atomic E-state index is 0.112. The zero-order chi connectivity index (χ0) is 21.3. The molecule has 9 heteroatoms. The van der Waals surface area contributed by atoms with Crippen molar-refractivity contribution in [2.24, 2.45) is 0 Å². The van der Waals surface area contributed by atoms with Crippen LogP contribution in [0.1, 0.15) is 17.0 Å². The molecule has 0 bridgehead atoms. The van der Waals surface area contributed by atoms with E-state index in [1.54, 1.807) is 41.2 Å². The average Bonchev–Trinajstić information content (AvgIpc) is 3.31. The number of benzene rings is 1. The third kappa shape index (κ3) is 4.01. The van der Waals surface area contributed by atoms with Crippen molar-refractivity contribution in [1.29, 1.82) is 0 Å². The fourth-order valence-electron chi connectivity index (χ4n) is 3.21. The first-order valence-corrected chi connectivity index (χ1v) is 10.5. The van der Waals surface area contributed by atoms with Crippen LogP contribution in [-0.2, 0) is 17.9 Å². The minimum Gasteiger partial charge on any atom is -0.494 e. The van der Waals surface area contributed by atoms with Crippen LogP contribution in [0.2, 0.25) is 5.02 Å². The summed E-state index contributed by atoms with van der Waals surface area (Å²) in [7, 11) is 1.59. The predicted octanol–water partition coefficient (Wildman–Crippen LogP) is 4.40. The molecule has 154 valence electrons. The van der Waals surface area contributed by atoms with Gasteiger partial charge in [0.05, 0.1) is 29.1 Å². The van der Waals surface area contributed by atoms with Gasteiger partial charge in [0.1, 0.15) is 17.8 Å². The standard InChI is InChI=1S/C21H20ClN5O2S/c1-13-9-14(2)27(25-13)12-18(28)26(11-15-5-4-8-23-10-15)21-24-19-17(29-3)7-6-16(22)20(19)30-21/h4-10H,11-12H2,1-3H3. The molecule has 0 saturated carbocycles. The van der Waals surface area contributed by atoms with Gasteiger partial charge in [-0.25, -0.2) is 4.98 Å². The smallest absolute Gasteiger partial charge is 0.250 e. The highest BCUT2D eigenvalue weighted by Gasteiger charge is 2.23. The van der Waals surface area contributed by atoms with Crippen molar-refractivity contribution < 1.29 is 9.53 Å². The predicted molar refractivity (Wildman–Crippen MR) is 118 cm³/mol. The Hall–Kier alpha value is -2.97. The van der Waals surface area contributed by atoms with Gasteiger partial charge in [-0.2, -0.15) is 5.10 Å². The summed E-state index contributed by atoms with van der Waals surface area (Å²) >= 11 is 7.75. The molecule has 0 atom stereocenters. The molecule has 0 saturated heterocycles. The third-order valence-electron chi connectivity index (χ3n) is 4.65. The van der Waals surface area contributed by atoms with Crippen LogP contribution in [0.4, 0.5) is 5.13 Å². The number of thiazole rings is 1. The molecule has 3 heterocycles. The topological polar surface area (TPSA) is 73.1 Å². The summed E-state index contributed by atoms with van der Waals surface area (Å²) < 4.78 is 7.91. The van der Waals surface area contributed by atoms with E-state index < -0.39 is 0 Å². The Morgan fingerprint density at radius 3 is 2.80 bits per heavy atom. The first-order chi connectivity index (χ1) is 14.5. The molecule has 4 rings (SSSR count). The van der Waals surface area contributed by atoms with E-state index >= 15 is 0 Å². The SMILES string of the molecule is COc1ccc(Cl)c2sc(N(Cc3cccnc3)C(=O)Cn3nc(C)cc3C)nc12. The second-order valence-corrected chi connectivity index (χ2v) is 8.23. The number of amides is 1. The number of carbonyl (C=O) groups is 1. The van der Waals surface area contributed by atoms with Crippen molar-refractivity contribution in [2.75, 3.05) is 12.0 Å². The second-order valence-electron chi connectivity index (χ2n) is 6.85. The van der Waals surface area contributed by atoms with E-state index in [0.29, 0.717) is 28.0 Å². The van der Waals surface area contributed by atoms with E-state index in [2.05, 4.69) is 10.1 Å². The van der Waals surface area contributed by atoms with Gasteiger partial charge in [-0.05, 0) is 43.7 Å². The van der Waals surface area contributed by atoms with Crippen LogP contribution >= 0.6 is 22.9 Å². The minimum atomic E-state index is -0.126. The van der Waals surface area contributed by atoms with Crippen LogP contribution < -0.4 is 9.64 Å². The molecular formula is C21H20ClN5O2S. The molecule has 1 amide bonds. The number of fused-ring (bicyclic) bond motifs is 1. The van der Waals surface area contributed by atoms with Crippen LogP contribution in [0.3, 0.4) is 0 Å². The van der Waals surface area contributed by atoms with Crippen molar-refractivity contribution in [3.8, 4) is 5.75 Å². The summed E-state index contributed by atoms with van der Waals surface area (Å²) in [5.41, 5.74) is 3.34. The Balaban J connectivity index is 1.75. The lowest BCUT2D eigenvalue weighted by Crippen LogP contribution is -2.34. The molecule has 0 radical (unpaired) electrons. The number of ether oxygens (including phenoxy) is 1. The van der Waals surface area contributed by atoms with Gasteiger partial charge in [0.25, 0.3) is 5.91 Å². The quantitative estimate of drug-likeness (QED) is 0.443. The summed E-state index contributed by atoms with van der Waals surface area (Å²) in [4.78, 5) is 23.8. The Bertz CT molecular complexity index is 1210. The van der Waals surface area contributed by atoms with E-state index in [0.717, 1.165) is 21.7 Å². The number of hydrogen-bond donors (Lipinski definition) is 0. The Morgan fingerprint density at radius 2 is 2.13 bits per heavy atom. The van der Waals surface area contributed by atoms with E-state index in [1.165, 1.54) is 11.3 Å². The number of carbonyl (C=O) groups excluding carboxylic acids is 1. The van der Waals surface area contributed by atoms with Gasteiger partial charge < -0.3 is 4.74 Å². The zero-order valence-electron chi connectivity index (χ0n) is 16.8. The fourth-order valence-corrected chi connectivity index (χ4v) is 4.48. The highest BCUT2D eigenvalue weighted by molar-refractivity contribution is 7.23. The number of methoxy groups -OCH3 is 1. The van der Waals surface area contributed by atoms with E-state index in [4.69, 9.17) is 21.3 Å². The Kier molecular flexibility index (Phi) is 5.69. The molecule has 0 aliphatic carbocycles. The number of hydrogen-bond acceptors (Lipinski definition) is 6. The van der Waals surface area contributed by atoms with Gasteiger partial charge in [0, 0.05) is 18.1 Å². The molecule has 0 unspecified atom stereocenters. The molecule has 0 aliphatic rings. The maximum atomic E-state index is 13.3. The van der Waals surface area contributed by atoms with E-state index in [-0.39, 0.29) is 12.5 Å². The first-order valence-electron chi connectivity index (χ1n) is 9.29. The molecule has 0 fully saturated rings. The van der Waals surface area contributed by atoms with Crippen molar-refractivity contribution in [1.82, 2.24) is 19.7 Å². The molecule has 0 aliphatic heterocycles. The summed E-state index contributed by atoms with van der Waals surface area (Å²) in [5.74, 6) is 0.489. The van der Waals surface area contributed by atoms with Gasteiger partial charge in [0.2, 0.25) is 0 Å². The highest BCUT2D eigenvalue weighted by Crippen LogP contribution is 2.39. The van der Waals surface area contributed by atoms with Crippen molar-refractivity contribution in [3.63, 3.8) is 0 Å². The molecule has 7 nitrogen and oxygen atoms in total. The summed E-state index contributed by atoms with van der Waals surface area (Å²) in [6.45, 7) is 4.29. The van der Waals surface area contributed by atoms with Crippen molar-refractivity contribution >= 4 is 44.2 Å². The van der Waals surface area contributed by atoms with Crippen LogP contribution in [0, 0.1) is 13.8 Å². The lowest BCUT2D eigenvalue weighted by atomic mass is 10.2. The zero-order valence-corrected chi connectivity index (χ0v) is 18.4. The number of aryl methyl sites for hydroxylation is 2. The number of pyridine rings is 1. The van der Waals surface area contributed by atoms with E-state index in [1.807, 2.05) is 32.0 Å². The van der Waals surface area contributed by atoms with Gasteiger partial charge in [-0.1, -0.05) is 29.0 Å². The Labute approximate surface area is 182 Å². The normalized spacial score (nSPS) is 11.1. The van der Waals surface area contributed by atoms with Crippen molar-refractivity contribution in [2.45, 2.75) is 26.9 Å². The Morgan fingerprint density at radius 1 is 1.30 bits per heavy atom. The molecule has 0 spiro atoms. The average molecular weight is 442 g/mol. The lowest BCUT2D eigenvalue weighted by Gasteiger charge is -2.20. The number of anilines is 1. The van der Waals surface area contributed by atoms with Crippen LogP contribution in [0.15, 0.2) is 42.7 Å². The lowest BCUT2D eigenvalue weighted by molar-refractivity contribution is -0.119. The molecular weight excluding hydrogens is 422 g/mol. The number of aromatic nitrogens is 4. The summed E-state index contributed by atoms with van der Waals surface area (Å²) in [6, 6.07) is 9.26. The van der Waals surface area contributed by atoms with Crippen LogP contribution in [-0.4, -0.2) is 32.8 Å². The van der Waals surface area contributed by atoms with Gasteiger partial charge >= 0.3 is 0 Å². The van der Waals surface area contributed by atoms with Crippen LogP contribution in [0.25, 0.3) is 10.2 Å². The van der Waals surface area contributed by atoms with Gasteiger partial charge in [-0.3, -0.25) is 19.4 Å². The third-order valence-corrected chi connectivity index (χ3v) is 6.19. The van der Waals surface area contributed by atoms with Crippen LogP contribution in [0.5, 0.6) is 5.75 Å². The maximum Gasteiger partial charge on any atom is 0.250 e.